The Kier molecular flexibility index (Phi) is 4.67. The molecule has 3 rings (SSSR count). The molecule has 1 amide bonds. The molecule has 22 heavy (non-hydrogen) atoms. The van der Waals surface area contributed by atoms with Crippen LogP contribution < -0.4 is 15.4 Å². The van der Waals surface area contributed by atoms with Crippen LogP contribution in [0.1, 0.15) is 30.9 Å². The van der Waals surface area contributed by atoms with E-state index >= 15 is 0 Å². The minimum atomic E-state index is 0.0718. The summed E-state index contributed by atoms with van der Waals surface area (Å²) in [6, 6.07) is 6.21. The van der Waals surface area contributed by atoms with Crippen LogP contribution in [0.15, 0.2) is 18.2 Å². The van der Waals surface area contributed by atoms with E-state index in [1.807, 2.05) is 6.92 Å². The largest absolute Gasteiger partial charge is 0.493 e. The highest BCUT2D eigenvalue weighted by atomic mass is 16.5. The Morgan fingerprint density at radius 2 is 2.18 bits per heavy atom. The second kappa shape index (κ2) is 6.69. The third-order valence-electron chi connectivity index (χ3n) is 4.78. The Morgan fingerprint density at radius 3 is 2.82 bits per heavy atom. The minimum absolute atomic E-state index is 0.0718. The quantitative estimate of drug-likeness (QED) is 0.812. The summed E-state index contributed by atoms with van der Waals surface area (Å²) in [5.41, 5.74) is 2.26. The lowest BCUT2D eigenvalue weighted by molar-refractivity contribution is -0.126. The van der Waals surface area contributed by atoms with Crippen LogP contribution in [-0.4, -0.2) is 25.6 Å². The van der Waals surface area contributed by atoms with Crippen LogP contribution in [0.3, 0.4) is 0 Å². The van der Waals surface area contributed by atoms with Crippen LogP contribution in [0.25, 0.3) is 0 Å². The molecule has 1 unspecified atom stereocenters. The number of hydrogen-bond acceptors (Lipinski definition) is 3. The molecule has 0 aromatic heterocycles. The van der Waals surface area contributed by atoms with Crippen molar-refractivity contribution in [2.75, 3.05) is 19.7 Å². The highest BCUT2D eigenvalue weighted by Gasteiger charge is 2.28. The van der Waals surface area contributed by atoms with Gasteiger partial charge in [0.05, 0.1) is 6.61 Å². The van der Waals surface area contributed by atoms with Crippen LogP contribution in [0, 0.1) is 24.7 Å². The first-order chi connectivity index (χ1) is 10.6. The van der Waals surface area contributed by atoms with Crippen molar-refractivity contribution in [3.8, 4) is 5.75 Å². The van der Waals surface area contributed by atoms with Gasteiger partial charge in [0, 0.05) is 18.0 Å². The molecule has 1 saturated heterocycles. The van der Waals surface area contributed by atoms with Gasteiger partial charge in [0.25, 0.3) is 0 Å². The van der Waals surface area contributed by atoms with Crippen LogP contribution in [0.4, 0.5) is 0 Å². The lowest BCUT2D eigenvalue weighted by atomic mass is 9.88. The topological polar surface area (TPSA) is 50.4 Å². The van der Waals surface area contributed by atoms with Gasteiger partial charge >= 0.3 is 0 Å². The number of amides is 1. The second-order valence-corrected chi connectivity index (χ2v) is 6.79. The zero-order valence-electron chi connectivity index (χ0n) is 13.5. The Hall–Kier alpha value is -1.55. The van der Waals surface area contributed by atoms with Gasteiger partial charge in [-0.3, -0.25) is 4.79 Å². The first kappa shape index (κ1) is 15.3. The summed E-state index contributed by atoms with van der Waals surface area (Å²) >= 11 is 0. The lowest BCUT2D eigenvalue weighted by Gasteiger charge is -2.31. The standard InChI is InChI=1S/C18H26N2O2/c1-12-3-6-15(17(7-12)22-11-14-4-5-14)10-20-18(21)13(2)16-8-19-9-16/h3,6-7,13-14,16,19H,4-5,8-11H2,1-2H3,(H,20,21). The van der Waals surface area contributed by atoms with E-state index in [1.165, 1.54) is 18.4 Å². The molecule has 1 aromatic carbocycles. The molecule has 2 fully saturated rings. The van der Waals surface area contributed by atoms with E-state index in [0.29, 0.717) is 12.5 Å². The Bertz CT molecular complexity index is 536. The fourth-order valence-corrected chi connectivity index (χ4v) is 2.66. The van der Waals surface area contributed by atoms with Crippen LogP contribution in [0.5, 0.6) is 5.75 Å². The van der Waals surface area contributed by atoms with Gasteiger partial charge in [0.15, 0.2) is 0 Å². The number of nitrogens with one attached hydrogen (secondary N) is 2. The second-order valence-electron chi connectivity index (χ2n) is 6.79. The normalized spacial score (nSPS) is 19.4. The molecule has 2 aliphatic rings. The SMILES string of the molecule is Cc1ccc(CNC(=O)C(C)C2CNC2)c(OCC2CC2)c1. The van der Waals surface area contributed by atoms with Crippen molar-refractivity contribution in [2.45, 2.75) is 33.2 Å². The molecule has 1 aliphatic carbocycles. The van der Waals surface area contributed by atoms with Crippen LogP contribution in [0.2, 0.25) is 0 Å². The summed E-state index contributed by atoms with van der Waals surface area (Å²) in [6.07, 6.45) is 2.57. The van der Waals surface area contributed by atoms with E-state index in [9.17, 15) is 4.79 Å². The zero-order chi connectivity index (χ0) is 15.5. The van der Waals surface area contributed by atoms with Gasteiger partial charge in [-0.05, 0) is 56.3 Å². The molecule has 4 nitrogen and oxygen atoms in total. The molecule has 1 heterocycles. The van der Waals surface area contributed by atoms with Crippen molar-refractivity contribution in [2.24, 2.45) is 17.8 Å². The number of aryl methyl sites for hydroxylation is 1. The van der Waals surface area contributed by atoms with Crippen molar-refractivity contribution in [3.05, 3.63) is 29.3 Å². The Labute approximate surface area is 132 Å². The lowest BCUT2D eigenvalue weighted by Crippen LogP contribution is -2.49. The van der Waals surface area contributed by atoms with E-state index in [0.717, 1.165) is 36.9 Å². The van der Waals surface area contributed by atoms with Crippen molar-refractivity contribution in [1.82, 2.24) is 10.6 Å². The van der Waals surface area contributed by atoms with Gasteiger partial charge in [0.2, 0.25) is 5.91 Å². The van der Waals surface area contributed by atoms with E-state index in [2.05, 4.69) is 35.8 Å². The summed E-state index contributed by atoms with van der Waals surface area (Å²) in [6.45, 7) is 7.33. The number of carbonyl (C=O) groups excluding carboxylic acids is 1. The summed E-state index contributed by atoms with van der Waals surface area (Å²) in [5.74, 6) is 2.34. The molecule has 0 bridgehead atoms. The van der Waals surface area contributed by atoms with Crippen molar-refractivity contribution in [1.29, 1.82) is 0 Å². The summed E-state index contributed by atoms with van der Waals surface area (Å²) < 4.78 is 5.95. The molecule has 4 heteroatoms. The smallest absolute Gasteiger partial charge is 0.223 e. The summed E-state index contributed by atoms with van der Waals surface area (Å²) in [5, 5.41) is 6.28. The van der Waals surface area contributed by atoms with E-state index < -0.39 is 0 Å². The maximum atomic E-state index is 12.2. The summed E-state index contributed by atoms with van der Waals surface area (Å²) in [4.78, 5) is 12.2. The number of ether oxygens (including phenoxy) is 1. The minimum Gasteiger partial charge on any atom is -0.493 e. The highest BCUT2D eigenvalue weighted by molar-refractivity contribution is 5.78. The number of hydrogen-bond donors (Lipinski definition) is 2. The van der Waals surface area contributed by atoms with Crippen LogP contribution >= 0.6 is 0 Å². The summed E-state index contributed by atoms with van der Waals surface area (Å²) in [7, 11) is 0. The van der Waals surface area contributed by atoms with Gasteiger partial charge in [-0.15, -0.1) is 0 Å². The molecule has 1 saturated carbocycles. The molecule has 1 aliphatic heterocycles. The molecule has 1 aromatic rings. The fraction of sp³-hybridized carbons (Fsp3) is 0.611. The van der Waals surface area contributed by atoms with Gasteiger partial charge in [-0.2, -0.15) is 0 Å². The van der Waals surface area contributed by atoms with Gasteiger partial charge in [-0.25, -0.2) is 0 Å². The molecule has 2 N–H and O–H groups in total. The van der Waals surface area contributed by atoms with Gasteiger partial charge in [-0.1, -0.05) is 19.1 Å². The predicted molar refractivity (Wildman–Crippen MR) is 86.8 cm³/mol. The molecule has 0 spiro atoms. The van der Waals surface area contributed by atoms with Gasteiger partial charge < -0.3 is 15.4 Å². The fourth-order valence-electron chi connectivity index (χ4n) is 2.66. The van der Waals surface area contributed by atoms with Crippen molar-refractivity contribution < 1.29 is 9.53 Å². The molecule has 1 atom stereocenters. The number of benzene rings is 1. The molecular weight excluding hydrogens is 276 g/mol. The number of rotatable bonds is 7. The maximum Gasteiger partial charge on any atom is 0.223 e. The van der Waals surface area contributed by atoms with Crippen molar-refractivity contribution in [3.63, 3.8) is 0 Å². The predicted octanol–water partition coefficient (Wildman–Crippen LogP) is 2.26. The average Bonchev–Trinajstić information content (AvgIpc) is 3.26. The monoisotopic (exact) mass is 302 g/mol. The van der Waals surface area contributed by atoms with E-state index in [4.69, 9.17) is 4.74 Å². The molecular formula is C18H26N2O2. The van der Waals surface area contributed by atoms with Gasteiger partial charge in [0.1, 0.15) is 5.75 Å². The van der Waals surface area contributed by atoms with E-state index in [1.54, 1.807) is 0 Å². The zero-order valence-corrected chi connectivity index (χ0v) is 13.5. The average molecular weight is 302 g/mol. The Balaban J connectivity index is 1.56. The number of carbonyl (C=O) groups is 1. The highest BCUT2D eigenvalue weighted by Crippen LogP contribution is 2.30. The maximum absolute atomic E-state index is 12.2. The first-order valence-corrected chi connectivity index (χ1v) is 8.34. The van der Waals surface area contributed by atoms with Crippen LogP contribution in [-0.2, 0) is 11.3 Å². The molecule has 0 radical (unpaired) electrons. The first-order valence-electron chi connectivity index (χ1n) is 8.34. The Morgan fingerprint density at radius 1 is 1.41 bits per heavy atom. The molecule has 120 valence electrons. The third kappa shape index (κ3) is 3.80. The van der Waals surface area contributed by atoms with Crippen molar-refractivity contribution >= 4 is 5.91 Å². The van der Waals surface area contributed by atoms with E-state index in [-0.39, 0.29) is 11.8 Å². The third-order valence-corrected chi connectivity index (χ3v) is 4.78.